The van der Waals surface area contributed by atoms with Crippen LogP contribution in [0.2, 0.25) is 0 Å². The lowest BCUT2D eigenvalue weighted by Crippen LogP contribution is -2.25. The van der Waals surface area contributed by atoms with Crippen LogP contribution < -0.4 is 10.1 Å². The number of nitro benzene ring substituents is 1. The molecule has 1 atom stereocenters. The molecule has 10 heteroatoms. The Morgan fingerprint density at radius 1 is 1.17 bits per heavy atom. The summed E-state index contributed by atoms with van der Waals surface area (Å²) in [6, 6.07) is 9.06. The number of nitro groups is 1. The lowest BCUT2D eigenvalue weighted by atomic mass is 10.2. The molecule has 154 valence electrons. The lowest BCUT2D eigenvalue weighted by Gasteiger charge is -2.23. The number of nitrogens with one attached hydrogen (secondary N) is 1. The van der Waals surface area contributed by atoms with Gasteiger partial charge in [0.1, 0.15) is 0 Å². The predicted molar refractivity (Wildman–Crippen MR) is 104 cm³/mol. The van der Waals surface area contributed by atoms with Crippen LogP contribution in [-0.4, -0.2) is 32.1 Å². The van der Waals surface area contributed by atoms with E-state index < -0.39 is 21.1 Å². The van der Waals surface area contributed by atoms with E-state index in [9.17, 15) is 23.3 Å². The predicted octanol–water partition coefficient (Wildman–Crippen LogP) is 3.29. The van der Waals surface area contributed by atoms with Gasteiger partial charge in [-0.25, -0.2) is 8.42 Å². The zero-order valence-electron chi connectivity index (χ0n) is 15.7. The van der Waals surface area contributed by atoms with E-state index in [-0.39, 0.29) is 27.1 Å². The van der Waals surface area contributed by atoms with E-state index in [0.717, 1.165) is 25.0 Å². The summed E-state index contributed by atoms with van der Waals surface area (Å²) in [4.78, 5) is 21.6. The van der Waals surface area contributed by atoms with Crippen LogP contribution in [0.1, 0.15) is 26.2 Å². The van der Waals surface area contributed by atoms with Crippen LogP contribution >= 0.6 is 0 Å². The number of carbonyl (C=O) groups is 1. The van der Waals surface area contributed by atoms with Gasteiger partial charge in [-0.1, -0.05) is 0 Å². The second kappa shape index (κ2) is 8.58. The molecule has 1 aliphatic rings. The SMILES string of the molecule is CC(=O)Nc1ccc(S(=O)(=O)c2ccc([N+](=O)[O-])c(OC3CCCCO3)c2)cc1. The van der Waals surface area contributed by atoms with Crippen LogP contribution in [0.5, 0.6) is 5.75 Å². The van der Waals surface area contributed by atoms with E-state index in [4.69, 9.17) is 9.47 Å². The Kier molecular flexibility index (Phi) is 6.14. The smallest absolute Gasteiger partial charge is 0.311 e. The van der Waals surface area contributed by atoms with Crippen molar-refractivity contribution in [3.05, 3.63) is 52.6 Å². The van der Waals surface area contributed by atoms with Gasteiger partial charge in [-0.15, -0.1) is 0 Å². The number of carbonyl (C=O) groups excluding carboxylic acids is 1. The third kappa shape index (κ3) is 4.90. The molecular formula is C19H20N2O7S. The van der Waals surface area contributed by atoms with Crippen LogP contribution in [0.4, 0.5) is 11.4 Å². The summed E-state index contributed by atoms with van der Waals surface area (Å²) in [5.41, 5.74) is 0.123. The normalized spacial score (nSPS) is 16.8. The van der Waals surface area contributed by atoms with Gasteiger partial charge in [0, 0.05) is 31.2 Å². The van der Waals surface area contributed by atoms with Gasteiger partial charge in [-0.2, -0.15) is 0 Å². The molecule has 1 N–H and O–H groups in total. The first-order valence-electron chi connectivity index (χ1n) is 8.97. The van der Waals surface area contributed by atoms with Gasteiger partial charge in [-0.05, 0) is 43.2 Å². The molecule has 0 saturated carbocycles. The Balaban J connectivity index is 1.93. The number of nitrogens with zero attached hydrogens (tertiary/aromatic N) is 1. The largest absolute Gasteiger partial charge is 0.458 e. The van der Waals surface area contributed by atoms with Gasteiger partial charge in [0.05, 0.1) is 21.3 Å². The number of hydrogen-bond donors (Lipinski definition) is 1. The summed E-state index contributed by atoms with van der Waals surface area (Å²) >= 11 is 0. The maximum absolute atomic E-state index is 12.9. The fraction of sp³-hybridized carbons (Fsp3) is 0.316. The van der Waals surface area contributed by atoms with Crippen molar-refractivity contribution in [3.8, 4) is 5.75 Å². The Morgan fingerprint density at radius 2 is 1.86 bits per heavy atom. The minimum Gasteiger partial charge on any atom is -0.458 e. The number of sulfone groups is 1. The summed E-state index contributed by atoms with van der Waals surface area (Å²) in [6.45, 7) is 1.83. The maximum atomic E-state index is 12.9. The van der Waals surface area contributed by atoms with Crippen molar-refractivity contribution < 1.29 is 27.6 Å². The standard InChI is InChI=1S/C19H20N2O7S/c1-13(22)20-14-5-7-15(8-6-14)29(25,26)16-9-10-17(21(23)24)18(12-16)28-19-4-2-3-11-27-19/h5-10,12,19H,2-4,11H2,1H3,(H,20,22). The molecule has 0 aliphatic carbocycles. The first-order chi connectivity index (χ1) is 13.8. The minimum absolute atomic E-state index is 0.0136. The Hall–Kier alpha value is -2.98. The molecule has 1 amide bonds. The maximum Gasteiger partial charge on any atom is 0.311 e. The topological polar surface area (TPSA) is 125 Å². The Bertz CT molecular complexity index is 1010. The first kappa shape index (κ1) is 20.7. The fourth-order valence-electron chi connectivity index (χ4n) is 2.91. The van der Waals surface area contributed by atoms with Crippen LogP contribution in [0, 0.1) is 10.1 Å². The third-order valence-electron chi connectivity index (χ3n) is 4.32. The van der Waals surface area contributed by atoms with E-state index >= 15 is 0 Å². The molecule has 1 heterocycles. The molecule has 9 nitrogen and oxygen atoms in total. The van der Waals surface area contributed by atoms with Crippen molar-refractivity contribution in [3.63, 3.8) is 0 Å². The highest BCUT2D eigenvalue weighted by atomic mass is 32.2. The second-order valence-electron chi connectivity index (χ2n) is 6.51. The molecule has 0 aromatic heterocycles. The molecule has 2 aromatic carbocycles. The highest BCUT2D eigenvalue weighted by Gasteiger charge is 2.26. The number of hydrogen-bond acceptors (Lipinski definition) is 7. The van der Waals surface area contributed by atoms with Crippen molar-refractivity contribution in [1.82, 2.24) is 0 Å². The summed E-state index contributed by atoms with van der Waals surface area (Å²) in [5, 5.41) is 13.9. The number of rotatable bonds is 6. The third-order valence-corrected chi connectivity index (χ3v) is 6.09. The van der Waals surface area contributed by atoms with Gasteiger partial charge in [0.2, 0.25) is 21.5 Å². The van der Waals surface area contributed by atoms with E-state index in [1.807, 2.05) is 0 Å². The average molecular weight is 420 g/mol. The summed E-state index contributed by atoms with van der Waals surface area (Å²) in [5.74, 6) is -0.430. The van der Waals surface area contributed by atoms with Gasteiger partial charge in [0.25, 0.3) is 0 Å². The van der Waals surface area contributed by atoms with Crippen LogP contribution in [0.15, 0.2) is 52.3 Å². The first-order valence-corrected chi connectivity index (χ1v) is 10.4. The second-order valence-corrected chi connectivity index (χ2v) is 8.46. The lowest BCUT2D eigenvalue weighted by molar-refractivity contribution is -0.386. The van der Waals surface area contributed by atoms with E-state index in [1.54, 1.807) is 0 Å². The molecule has 29 heavy (non-hydrogen) atoms. The van der Waals surface area contributed by atoms with Gasteiger partial charge >= 0.3 is 5.69 Å². The Labute approximate surface area is 167 Å². The van der Waals surface area contributed by atoms with Gasteiger partial charge in [0.15, 0.2) is 6.29 Å². The summed E-state index contributed by atoms with van der Waals surface area (Å²) in [6.07, 6.45) is 1.65. The van der Waals surface area contributed by atoms with Crippen LogP contribution in [-0.2, 0) is 19.4 Å². The fourth-order valence-corrected chi connectivity index (χ4v) is 4.19. The summed E-state index contributed by atoms with van der Waals surface area (Å²) < 4.78 is 36.9. The van der Waals surface area contributed by atoms with Crippen molar-refractivity contribution in [2.45, 2.75) is 42.3 Å². The van der Waals surface area contributed by atoms with E-state index in [0.29, 0.717) is 18.7 Å². The molecule has 0 spiro atoms. The van der Waals surface area contributed by atoms with Crippen LogP contribution in [0.3, 0.4) is 0 Å². The quantitative estimate of drug-likeness (QED) is 0.561. The van der Waals surface area contributed by atoms with Crippen molar-refractivity contribution >= 4 is 27.1 Å². The molecule has 1 unspecified atom stereocenters. The molecular weight excluding hydrogens is 400 g/mol. The van der Waals surface area contributed by atoms with Gasteiger partial charge < -0.3 is 14.8 Å². The van der Waals surface area contributed by atoms with E-state index in [2.05, 4.69) is 5.32 Å². The molecule has 0 radical (unpaired) electrons. The zero-order chi connectivity index (χ0) is 21.0. The Morgan fingerprint density at radius 3 is 2.45 bits per heavy atom. The van der Waals surface area contributed by atoms with Crippen molar-refractivity contribution in [1.29, 1.82) is 0 Å². The van der Waals surface area contributed by atoms with E-state index in [1.165, 1.54) is 37.3 Å². The number of anilines is 1. The monoisotopic (exact) mass is 420 g/mol. The number of benzene rings is 2. The minimum atomic E-state index is -3.95. The molecule has 0 bridgehead atoms. The van der Waals surface area contributed by atoms with Crippen molar-refractivity contribution in [2.75, 3.05) is 11.9 Å². The van der Waals surface area contributed by atoms with Crippen molar-refractivity contribution in [2.24, 2.45) is 0 Å². The highest BCUT2D eigenvalue weighted by Crippen LogP contribution is 2.34. The zero-order valence-corrected chi connectivity index (χ0v) is 16.5. The van der Waals surface area contributed by atoms with Crippen LogP contribution in [0.25, 0.3) is 0 Å². The van der Waals surface area contributed by atoms with Gasteiger partial charge in [-0.3, -0.25) is 14.9 Å². The summed E-state index contributed by atoms with van der Waals surface area (Å²) in [7, 11) is -3.95. The number of amides is 1. The molecule has 2 aromatic rings. The highest BCUT2D eigenvalue weighted by molar-refractivity contribution is 7.91. The molecule has 3 rings (SSSR count). The number of ether oxygens (including phenoxy) is 2. The molecule has 1 saturated heterocycles. The molecule has 1 fully saturated rings. The molecule has 1 aliphatic heterocycles. The average Bonchev–Trinajstić information content (AvgIpc) is 2.68.